The molecule has 1 aliphatic carbocycles. The van der Waals surface area contributed by atoms with E-state index in [2.05, 4.69) is 21.7 Å². The largest absolute Gasteiger partial charge is 0.347 e. The molecule has 1 aromatic heterocycles. The predicted molar refractivity (Wildman–Crippen MR) is 107 cm³/mol. The highest BCUT2D eigenvalue weighted by molar-refractivity contribution is 7.18. The minimum atomic E-state index is -0.739. The van der Waals surface area contributed by atoms with Gasteiger partial charge in [-0.05, 0) is 48.2 Å². The van der Waals surface area contributed by atoms with Gasteiger partial charge in [0.2, 0.25) is 11.8 Å². The molecule has 2 N–H and O–H groups in total. The summed E-state index contributed by atoms with van der Waals surface area (Å²) < 4.78 is 14.1. The molecule has 1 fully saturated rings. The van der Waals surface area contributed by atoms with E-state index in [1.54, 1.807) is 12.1 Å². The van der Waals surface area contributed by atoms with Crippen molar-refractivity contribution in [2.24, 2.45) is 0 Å². The summed E-state index contributed by atoms with van der Waals surface area (Å²) in [5.41, 5.74) is 1.83. The van der Waals surface area contributed by atoms with Crippen LogP contribution in [0.3, 0.4) is 0 Å². The van der Waals surface area contributed by atoms with E-state index in [0.29, 0.717) is 17.8 Å². The van der Waals surface area contributed by atoms with Crippen molar-refractivity contribution in [1.82, 2.24) is 15.6 Å². The van der Waals surface area contributed by atoms with E-state index in [9.17, 15) is 14.0 Å². The number of nitriles is 1. The lowest BCUT2D eigenvalue weighted by Gasteiger charge is -2.09. The van der Waals surface area contributed by atoms with Crippen LogP contribution in [-0.4, -0.2) is 28.9 Å². The number of nitrogens with one attached hydrogen (secondary N) is 2. The normalized spacial score (nSPS) is 14.2. The number of rotatable bonds is 6. The number of nitrogens with zero attached hydrogens (tertiary/aromatic N) is 2. The Hall–Kier alpha value is -3.31. The SMILES string of the molecule is N#CC1(NC(=O)CNC(=O)Cc2nc3cc(-c4ccc(F)cc4)ccc3s2)CC1. The maximum absolute atomic E-state index is 13.1. The van der Waals surface area contributed by atoms with Crippen LogP contribution >= 0.6 is 11.3 Å². The molecule has 0 spiro atoms. The van der Waals surface area contributed by atoms with Crippen LogP contribution in [0.1, 0.15) is 17.8 Å². The van der Waals surface area contributed by atoms with Crippen LogP contribution in [0.2, 0.25) is 0 Å². The number of carbonyl (C=O) groups excluding carboxylic acids is 2. The van der Waals surface area contributed by atoms with Gasteiger partial charge < -0.3 is 10.6 Å². The van der Waals surface area contributed by atoms with Crippen LogP contribution in [0.5, 0.6) is 0 Å². The summed E-state index contributed by atoms with van der Waals surface area (Å²) in [6.45, 7) is -0.165. The molecule has 3 aromatic rings. The third-order valence-electron chi connectivity index (χ3n) is 4.71. The van der Waals surface area contributed by atoms with Crippen LogP contribution < -0.4 is 10.6 Å². The molecule has 6 nitrogen and oxygen atoms in total. The first-order chi connectivity index (χ1) is 14.0. The van der Waals surface area contributed by atoms with Crippen molar-refractivity contribution >= 4 is 33.4 Å². The zero-order valence-electron chi connectivity index (χ0n) is 15.4. The Morgan fingerprint density at radius 3 is 2.55 bits per heavy atom. The topological polar surface area (TPSA) is 94.9 Å². The molecule has 29 heavy (non-hydrogen) atoms. The highest BCUT2D eigenvalue weighted by Gasteiger charge is 2.44. The summed E-state index contributed by atoms with van der Waals surface area (Å²) in [6, 6.07) is 14.1. The lowest BCUT2D eigenvalue weighted by Crippen LogP contribution is -2.43. The Morgan fingerprint density at radius 1 is 1.14 bits per heavy atom. The molecule has 4 rings (SSSR count). The van der Waals surface area contributed by atoms with Gasteiger partial charge in [0, 0.05) is 0 Å². The van der Waals surface area contributed by atoms with Crippen molar-refractivity contribution in [1.29, 1.82) is 5.26 Å². The van der Waals surface area contributed by atoms with Gasteiger partial charge in [-0.15, -0.1) is 11.3 Å². The monoisotopic (exact) mass is 408 g/mol. The van der Waals surface area contributed by atoms with Crippen LogP contribution in [0.4, 0.5) is 4.39 Å². The average molecular weight is 408 g/mol. The van der Waals surface area contributed by atoms with Gasteiger partial charge in [-0.25, -0.2) is 9.37 Å². The molecule has 1 heterocycles. The van der Waals surface area contributed by atoms with Gasteiger partial charge in [-0.3, -0.25) is 9.59 Å². The maximum atomic E-state index is 13.1. The number of benzene rings is 2. The van der Waals surface area contributed by atoms with E-state index < -0.39 is 5.54 Å². The number of aromatic nitrogens is 1. The van der Waals surface area contributed by atoms with Crippen molar-refractivity contribution < 1.29 is 14.0 Å². The fourth-order valence-electron chi connectivity index (χ4n) is 2.95. The average Bonchev–Trinajstić information content (AvgIpc) is 3.36. The van der Waals surface area contributed by atoms with Gasteiger partial charge in [-0.2, -0.15) is 5.26 Å². The Balaban J connectivity index is 1.38. The molecule has 1 saturated carbocycles. The molecule has 2 aromatic carbocycles. The molecule has 0 bridgehead atoms. The number of hydrogen-bond acceptors (Lipinski definition) is 5. The zero-order valence-corrected chi connectivity index (χ0v) is 16.2. The first-order valence-electron chi connectivity index (χ1n) is 9.11. The quantitative estimate of drug-likeness (QED) is 0.656. The smallest absolute Gasteiger partial charge is 0.240 e. The molecule has 0 unspecified atom stereocenters. The lowest BCUT2D eigenvalue weighted by atomic mass is 10.1. The number of hydrogen-bond donors (Lipinski definition) is 2. The highest BCUT2D eigenvalue weighted by atomic mass is 32.1. The number of carbonyl (C=O) groups is 2. The fourth-order valence-corrected chi connectivity index (χ4v) is 3.90. The van der Waals surface area contributed by atoms with Crippen LogP contribution in [0.25, 0.3) is 21.3 Å². The fraction of sp³-hybridized carbons (Fsp3) is 0.238. The molecule has 0 atom stereocenters. The second-order valence-corrected chi connectivity index (χ2v) is 8.11. The van der Waals surface area contributed by atoms with Crippen molar-refractivity contribution in [3.8, 4) is 17.2 Å². The van der Waals surface area contributed by atoms with E-state index in [4.69, 9.17) is 5.26 Å². The van der Waals surface area contributed by atoms with E-state index in [0.717, 1.165) is 21.3 Å². The van der Waals surface area contributed by atoms with Crippen LogP contribution in [0.15, 0.2) is 42.5 Å². The molecular formula is C21H17FN4O2S. The molecule has 0 saturated heterocycles. The minimum Gasteiger partial charge on any atom is -0.347 e. The first kappa shape index (κ1) is 19.0. The molecule has 0 radical (unpaired) electrons. The minimum absolute atomic E-state index is 0.0713. The van der Waals surface area contributed by atoms with Crippen LogP contribution in [0, 0.1) is 17.1 Å². The van der Waals surface area contributed by atoms with Gasteiger partial charge in [0.25, 0.3) is 0 Å². The lowest BCUT2D eigenvalue weighted by molar-refractivity contribution is -0.126. The van der Waals surface area contributed by atoms with Crippen molar-refractivity contribution in [3.63, 3.8) is 0 Å². The standard InChI is InChI=1S/C21H17FN4O2S/c22-15-4-1-13(2-5-15)14-3-6-17-16(9-14)25-20(29-17)10-18(27)24-11-19(28)26-21(12-23)7-8-21/h1-6,9H,7-8,10-11H2,(H,24,27)(H,26,28). The number of halogens is 1. The Bertz CT molecular complexity index is 1130. The van der Waals surface area contributed by atoms with Crippen LogP contribution in [-0.2, 0) is 16.0 Å². The summed E-state index contributed by atoms with van der Waals surface area (Å²) in [5.74, 6) is -0.962. The molecule has 1 aliphatic rings. The zero-order chi connectivity index (χ0) is 20.4. The molecule has 0 aliphatic heterocycles. The van der Waals surface area contributed by atoms with Gasteiger partial charge in [0.1, 0.15) is 16.4 Å². The number of amides is 2. The van der Waals surface area contributed by atoms with E-state index >= 15 is 0 Å². The van der Waals surface area contributed by atoms with Gasteiger partial charge in [0.15, 0.2) is 0 Å². The van der Waals surface area contributed by atoms with E-state index in [-0.39, 0.29) is 30.6 Å². The summed E-state index contributed by atoms with van der Waals surface area (Å²) in [7, 11) is 0. The Morgan fingerprint density at radius 2 is 1.86 bits per heavy atom. The number of thiazole rings is 1. The first-order valence-corrected chi connectivity index (χ1v) is 9.92. The van der Waals surface area contributed by atoms with Gasteiger partial charge in [-0.1, -0.05) is 18.2 Å². The van der Waals surface area contributed by atoms with Crippen molar-refractivity contribution in [3.05, 3.63) is 53.3 Å². The Labute approximate surface area is 170 Å². The molecule has 8 heteroatoms. The third kappa shape index (κ3) is 4.41. The molecule has 2 amide bonds. The molecule has 146 valence electrons. The Kier molecular flexibility index (Phi) is 4.99. The van der Waals surface area contributed by atoms with Gasteiger partial charge in [0.05, 0.1) is 29.3 Å². The van der Waals surface area contributed by atoms with Crippen molar-refractivity contribution in [2.45, 2.75) is 24.8 Å². The maximum Gasteiger partial charge on any atom is 0.240 e. The highest BCUT2D eigenvalue weighted by Crippen LogP contribution is 2.34. The van der Waals surface area contributed by atoms with Gasteiger partial charge >= 0.3 is 0 Å². The van der Waals surface area contributed by atoms with E-state index in [1.165, 1.54) is 23.5 Å². The molecular weight excluding hydrogens is 391 g/mol. The predicted octanol–water partition coefficient (Wildman–Crippen LogP) is 2.93. The third-order valence-corrected chi connectivity index (χ3v) is 5.75. The van der Waals surface area contributed by atoms with Crippen molar-refractivity contribution in [2.75, 3.05) is 6.54 Å². The second-order valence-electron chi connectivity index (χ2n) is 6.99. The summed E-state index contributed by atoms with van der Waals surface area (Å²) >= 11 is 1.41. The second kappa shape index (κ2) is 7.60. The summed E-state index contributed by atoms with van der Waals surface area (Å²) in [4.78, 5) is 28.5. The summed E-state index contributed by atoms with van der Waals surface area (Å²) in [5, 5.41) is 14.8. The number of fused-ring (bicyclic) bond motifs is 1. The summed E-state index contributed by atoms with van der Waals surface area (Å²) in [6.07, 6.45) is 1.37. The van der Waals surface area contributed by atoms with E-state index in [1.807, 2.05) is 18.2 Å².